The van der Waals surface area contributed by atoms with Gasteiger partial charge < -0.3 is 16.6 Å². The molecule has 0 aromatic carbocycles. The summed E-state index contributed by atoms with van der Waals surface area (Å²) >= 11 is 0. The predicted octanol–water partition coefficient (Wildman–Crippen LogP) is 0.215. The Balaban J connectivity index is 2.78. The van der Waals surface area contributed by atoms with Gasteiger partial charge in [-0.3, -0.25) is 0 Å². The lowest BCUT2D eigenvalue weighted by Gasteiger charge is -2.41. The van der Waals surface area contributed by atoms with E-state index in [2.05, 4.69) is 0 Å². The summed E-state index contributed by atoms with van der Waals surface area (Å²) in [5, 5.41) is 10.1. The van der Waals surface area contributed by atoms with Gasteiger partial charge in [-0.15, -0.1) is 0 Å². The van der Waals surface area contributed by atoms with Gasteiger partial charge >= 0.3 is 0 Å². The van der Waals surface area contributed by atoms with Crippen molar-refractivity contribution in [1.82, 2.24) is 0 Å². The minimum atomic E-state index is -0.780. The van der Waals surface area contributed by atoms with E-state index in [1.54, 1.807) is 0 Å². The normalized spacial score (nSPS) is 27.0. The molecular formula is C9H20N2O. The highest BCUT2D eigenvalue weighted by Crippen LogP contribution is 2.45. The molecule has 0 aliphatic heterocycles. The number of hydrogen-bond acceptors (Lipinski definition) is 3. The van der Waals surface area contributed by atoms with Gasteiger partial charge in [-0.05, 0) is 19.8 Å². The largest absolute Gasteiger partial charge is 0.388 e. The highest BCUT2D eigenvalue weighted by Gasteiger charge is 2.46. The Kier molecular flexibility index (Phi) is 2.76. The van der Waals surface area contributed by atoms with Crippen molar-refractivity contribution in [3.05, 3.63) is 0 Å². The topological polar surface area (TPSA) is 72.3 Å². The Morgan fingerprint density at radius 3 is 2.17 bits per heavy atom. The fourth-order valence-corrected chi connectivity index (χ4v) is 2.23. The van der Waals surface area contributed by atoms with Gasteiger partial charge in [-0.2, -0.15) is 0 Å². The van der Waals surface area contributed by atoms with Crippen molar-refractivity contribution < 1.29 is 5.11 Å². The van der Waals surface area contributed by atoms with E-state index in [0.717, 1.165) is 12.8 Å². The van der Waals surface area contributed by atoms with E-state index in [9.17, 15) is 5.11 Å². The van der Waals surface area contributed by atoms with Crippen LogP contribution in [-0.2, 0) is 0 Å². The molecule has 5 N–H and O–H groups in total. The van der Waals surface area contributed by atoms with E-state index in [1.807, 2.05) is 6.92 Å². The van der Waals surface area contributed by atoms with Crippen LogP contribution >= 0.6 is 0 Å². The third kappa shape index (κ3) is 1.37. The first-order chi connectivity index (χ1) is 5.58. The minimum Gasteiger partial charge on any atom is -0.388 e. The molecule has 0 radical (unpaired) electrons. The Morgan fingerprint density at radius 2 is 1.83 bits per heavy atom. The second-order valence-electron chi connectivity index (χ2n) is 4.17. The molecule has 0 aromatic rings. The highest BCUT2D eigenvalue weighted by molar-refractivity contribution is 5.00. The molecule has 1 saturated carbocycles. The average Bonchev–Trinajstić information content (AvgIpc) is 2.53. The average molecular weight is 172 g/mol. The fourth-order valence-electron chi connectivity index (χ4n) is 2.23. The quantitative estimate of drug-likeness (QED) is 0.570. The minimum absolute atomic E-state index is 0.109. The maximum absolute atomic E-state index is 10.1. The SMILES string of the molecule is CC(O)(CN)C1(CN)CCCC1. The van der Waals surface area contributed by atoms with Crippen molar-refractivity contribution in [2.24, 2.45) is 16.9 Å². The van der Waals surface area contributed by atoms with Crippen molar-refractivity contribution in [3.63, 3.8) is 0 Å². The zero-order chi connectivity index (χ0) is 9.24. The maximum atomic E-state index is 10.1. The van der Waals surface area contributed by atoms with Crippen LogP contribution in [0.2, 0.25) is 0 Å². The van der Waals surface area contributed by atoms with E-state index in [-0.39, 0.29) is 5.41 Å². The molecule has 1 aliphatic rings. The van der Waals surface area contributed by atoms with Crippen molar-refractivity contribution in [2.75, 3.05) is 13.1 Å². The Labute approximate surface area is 74.1 Å². The zero-order valence-corrected chi connectivity index (χ0v) is 7.84. The summed E-state index contributed by atoms with van der Waals surface area (Å²) < 4.78 is 0. The van der Waals surface area contributed by atoms with E-state index >= 15 is 0 Å². The van der Waals surface area contributed by atoms with Crippen LogP contribution in [0.25, 0.3) is 0 Å². The summed E-state index contributed by atoms with van der Waals surface area (Å²) in [6, 6.07) is 0. The summed E-state index contributed by atoms with van der Waals surface area (Å²) in [7, 11) is 0. The molecule has 0 saturated heterocycles. The molecule has 1 unspecified atom stereocenters. The van der Waals surface area contributed by atoms with Crippen molar-refractivity contribution >= 4 is 0 Å². The van der Waals surface area contributed by atoms with Crippen LogP contribution in [0.1, 0.15) is 32.6 Å². The molecule has 0 spiro atoms. The third-order valence-corrected chi connectivity index (χ3v) is 3.49. The molecule has 0 aromatic heterocycles. The van der Waals surface area contributed by atoms with Crippen LogP contribution in [0.5, 0.6) is 0 Å². The highest BCUT2D eigenvalue weighted by atomic mass is 16.3. The van der Waals surface area contributed by atoms with E-state index in [4.69, 9.17) is 11.5 Å². The Morgan fingerprint density at radius 1 is 1.33 bits per heavy atom. The van der Waals surface area contributed by atoms with Crippen molar-refractivity contribution in [1.29, 1.82) is 0 Å². The number of hydrogen-bond donors (Lipinski definition) is 3. The summed E-state index contributed by atoms with van der Waals surface area (Å²) in [5.41, 5.74) is 10.4. The lowest BCUT2D eigenvalue weighted by Crippen LogP contribution is -2.53. The lowest BCUT2D eigenvalue weighted by molar-refractivity contribution is -0.0550. The van der Waals surface area contributed by atoms with E-state index in [0.29, 0.717) is 13.1 Å². The number of nitrogens with two attached hydrogens (primary N) is 2. The molecule has 1 fully saturated rings. The summed E-state index contributed by atoms with van der Waals surface area (Å²) in [5.74, 6) is 0. The van der Waals surface area contributed by atoms with Crippen molar-refractivity contribution in [3.8, 4) is 0 Å². The number of aliphatic hydroxyl groups is 1. The molecular weight excluding hydrogens is 152 g/mol. The molecule has 12 heavy (non-hydrogen) atoms. The van der Waals surface area contributed by atoms with Crippen molar-refractivity contribution in [2.45, 2.75) is 38.2 Å². The maximum Gasteiger partial charge on any atom is 0.0809 e. The molecule has 72 valence electrons. The first kappa shape index (κ1) is 9.96. The second kappa shape index (κ2) is 3.32. The lowest BCUT2D eigenvalue weighted by atomic mass is 9.71. The monoisotopic (exact) mass is 172 g/mol. The van der Waals surface area contributed by atoms with E-state index < -0.39 is 5.60 Å². The number of rotatable bonds is 3. The zero-order valence-electron chi connectivity index (χ0n) is 7.84. The van der Waals surface area contributed by atoms with Crippen LogP contribution in [0.4, 0.5) is 0 Å². The second-order valence-corrected chi connectivity index (χ2v) is 4.17. The summed E-state index contributed by atoms with van der Waals surface area (Å²) in [6.45, 7) is 2.67. The van der Waals surface area contributed by atoms with Gasteiger partial charge in [0, 0.05) is 18.5 Å². The fraction of sp³-hybridized carbons (Fsp3) is 1.00. The molecule has 1 aliphatic carbocycles. The van der Waals surface area contributed by atoms with Crippen LogP contribution in [0.15, 0.2) is 0 Å². The van der Waals surface area contributed by atoms with Gasteiger partial charge in [-0.1, -0.05) is 12.8 Å². The molecule has 0 amide bonds. The van der Waals surface area contributed by atoms with Gasteiger partial charge in [0.25, 0.3) is 0 Å². The van der Waals surface area contributed by atoms with Crippen LogP contribution in [0, 0.1) is 5.41 Å². The standard InChI is InChI=1S/C9H20N2O/c1-8(12,6-10)9(7-11)4-2-3-5-9/h12H,2-7,10-11H2,1H3. The van der Waals surface area contributed by atoms with Gasteiger partial charge in [0.05, 0.1) is 5.60 Å². The van der Waals surface area contributed by atoms with Crippen LogP contribution in [0.3, 0.4) is 0 Å². The van der Waals surface area contributed by atoms with Gasteiger partial charge in [0.1, 0.15) is 0 Å². The van der Waals surface area contributed by atoms with Crippen LogP contribution in [-0.4, -0.2) is 23.8 Å². The summed E-state index contributed by atoms with van der Waals surface area (Å²) in [6.07, 6.45) is 4.39. The first-order valence-electron chi connectivity index (χ1n) is 4.70. The molecule has 0 heterocycles. The van der Waals surface area contributed by atoms with Crippen LogP contribution < -0.4 is 11.5 Å². The Bertz CT molecular complexity index is 151. The molecule has 1 atom stereocenters. The van der Waals surface area contributed by atoms with Gasteiger partial charge in [0.2, 0.25) is 0 Å². The predicted molar refractivity (Wildman–Crippen MR) is 49.6 cm³/mol. The smallest absolute Gasteiger partial charge is 0.0809 e. The molecule has 0 bridgehead atoms. The molecule has 3 nitrogen and oxygen atoms in total. The van der Waals surface area contributed by atoms with E-state index in [1.165, 1.54) is 12.8 Å². The third-order valence-electron chi connectivity index (χ3n) is 3.49. The van der Waals surface area contributed by atoms with Gasteiger partial charge in [0.15, 0.2) is 0 Å². The Hall–Kier alpha value is -0.120. The summed E-state index contributed by atoms with van der Waals surface area (Å²) in [4.78, 5) is 0. The molecule has 1 rings (SSSR count). The molecule has 3 heteroatoms. The van der Waals surface area contributed by atoms with Gasteiger partial charge in [-0.25, -0.2) is 0 Å². The first-order valence-corrected chi connectivity index (χ1v) is 4.70.